The molecular weight excluding hydrogens is 223 g/mol. The zero-order valence-electron chi connectivity index (χ0n) is 7.87. The minimum Gasteiger partial charge on any atom is -0.346 e. The summed E-state index contributed by atoms with van der Waals surface area (Å²) in [6, 6.07) is -1.08. The molecule has 0 aliphatic carbocycles. The second-order valence-corrected chi connectivity index (χ2v) is 2.85. The van der Waals surface area contributed by atoms with Gasteiger partial charge in [-0.25, -0.2) is 8.78 Å². The highest BCUT2D eigenvalue weighted by Crippen LogP contribution is 2.12. The first-order valence-corrected chi connectivity index (χ1v) is 4.08. The van der Waals surface area contributed by atoms with E-state index < -0.39 is 37.6 Å². The largest absolute Gasteiger partial charge is 0.405 e. The SMILES string of the molecule is CC(NCC(F)F)C(=O)NCC(F)(F)F. The third-order valence-electron chi connectivity index (χ3n) is 1.43. The van der Waals surface area contributed by atoms with Crippen LogP contribution >= 0.6 is 0 Å². The highest BCUT2D eigenvalue weighted by molar-refractivity contribution is 5.81. The Morgan fingerprint density at radius 2 is 1.87 bits per heavy atom. The molecule has 0 aromatic carbocycles. The quantitative estimate of drug-likeness (QED) is 0.694. The fourth-order valence-corrected chi connectivity index (χ4v) is 0.699. The van der Waals surface area contributed by atoms with Crippen molar-refractivity contribution in [3.63, 3.8) is 0 Å². The molecule has 15 heavy (non-hydrogen) atoms. The van der Waals surface area contributed by atoms with Crippen molar-refractivity contribution in [2.24, 2.45) is 0 Å². The summed E-state index contributed by atoms with van der Waals surface area (Å²) < 4.78 is 58.2. The average molecular weight is 234 g/mol. The van der Waals surface area contributed by atoms with Crippen molar-refractivity contribution in [2.45, 2.75) is 25.6 Å². The lowest BCUT2D eigenvalue weighted by atomic mass is 10.3. The Labute approximate surface area is 83.0 Å². The van der Waals surface area contributed by atoms with Crippen molar-refractivity contribution in [3.05, 3.63) is 0 Å². The summed E-state index contributed by atoms with van der Waals surface area (Å²) in [4.78, 5) is 10.9. The first-order chi connectivity index (χ1) is 6.72. The van der Waals surface area contributed by atoms with Gasteiger partial charge in [0.05, 0.1) is 12.6 Å². The van der Waals surface area contributed by atoms with E-state index in [1.54, 1.807) is 5.32 Å². The van der Waals surface area contributed by atoms with Crippen LogP contribution < -0.4 is 10.6 Å². The summed E-state index contributed by atoms with van der Waals surface area (Å²) in [5.74, 6) is -0.965. The van der Waals surface area contributed by atoms with E-state index >= 15 is 0 Å². The van der Waals surface area contributed by atoms with Crippen LogP contribution in [-0.2, 0) is 4.79 Å². The summed E-state index contributed by atoms with van der Waals surface area (Å²) in [6.45, 7) is -0.999. The van der Waals surface area contributed by atoms with Crippen molar-refractivity contribution >= 4 is 5.91 Å². The molecule has 1 atom stereocenters. The summed E-state index contributed by atoms with van der Waals surface area (Å²) in [5.41, 5.74) is 0. The van der Waals surface area contributed by atoms with Gasteiger partial charge in [0.2, 0.25) is 5.91 Å². The highest BCUT2D eigenvalue weighted by Gasteiger charge is 2.28. The van der Waals surface area contributed by atoms with Crippen LogP contribution in [0.5, 0.6) is 0 Å². The van der Waals surface area contributed by atoms with Gasteiger partial charge >= 0.3 is 6.18 Å². The van der Waals surface area contributed by atoms with Crippen LogP contribution in [0, 0.1) is 0 Å². The van der Waals surface area contributed by atoms with Gasteiger partial charge < -0.3 is 10.6 Å². The average Bonchev–Trinajstić information content (AvgIpc) is 2.08. The Bertz CT molecular complexity index is 206. The maximum atomic E-state index is 11.7. The van der Waals surface area contributed by atoms with Crippen molar-refractivity contribution in [3.8, 4) is 0 Å². The first kappa shape index (κ1) is 14.1. The molecule has 8 heteroatoms. The lowest BCUT2D eigenvalue weighted by molar-refractivity contribution is -0.139. The number of carbonyl (C=O) groups excluding carboxylic acids is 1. The van der Waals surface area contributed by atoms with E-state index in [2.05, 4.69) is 5.32 Å². The Hall–Kier alpha value is -0.920. The van der Waals surface area contributed by atoms with Gasteiger partial charge in [-0.1, -0.05) is 0 Å². The third kappa shape index (κ3) is 8.10. The molecular formula is C7H11F5N2O. The smallest absolute Gasteiger partial charge is 0.346 e. The van der Waals surface area contributed by atoms with Crippen LogP contribution in [0.4, 0.5) is 22.0 Å². The number of nitrogens with one attached hydrogen (secondary N) is 2. The van der Waals surface area contributed by atoms with Gasteiger partial charge in [0, 0.05) is 0 Å². The molecule has 90 valence electrons. The second kappa shape index (κ2) is 5.84. The van der Waals surface area contributed by atoms with Gasteiger partial charge in [0.25, 0.3) is 6.43 Å². The monoisotopic (exact) mass is 234 g/mol. The summed E-state index contributed by atoms with van der Waals surface area (Å²) in [6.07, 6.45) is -7.15. The molecule has 0 heterocycles. The minimum atomic E-state index is -4.50. The molecule has 0 aliphatic heterocycles. The molecule has 0 aromatic rings. The number of carbonyl (C=O) groups is 1. The van der Waals surface area contributed by atoms with Gasteiger partial charge in [-0.3, -0.25) is 4.79 Å². The van der Waals surface area contributed by atoms with Crippen LogP contribution in [0.2, 0.25) is 0 Å². The van der Waals surface area contributed by atoms with E-state index in [-0.39, 0.29) is 0 Å². The summed E-state index contributed by atoms with van der Waals surface area (Å²) >= 11 is 0. The zero-order chi connectivity index (χ0) is 12.1. The Morgan fingerprint density at radius 3 is 2.27 bits per heavy atom. The van der Waals surface area contributed by atoms with Crippen molar-refractivity contribution in [1.29, 1.82) is 0 Å². The summed E-state index contributed by atoms with van der Waals surface area (Å²) in [5, 5.41) is 3.66. The van der Waals surface area contributed by atoms with Gasteiger partial charge in [-0.15, -0.1) is 0 Å². The van der Waals surface area contributed by atoms with Crippen molar-refractivity contribution in [1.82, 2.24) is 10.6 Å². The minimum absolute atomic E-state index is 0.736. The molecule has 0 aliphatic rings. The standard InChI is InChI=1S/C7H11F5N2O/c1-4(13-2-5(8)9)6(15)14-3-7(10,11)12/h4-5,13H,2-3H2,1H3,(H,14,15). The van der Waals surface area contributed by atoms with E-state index in [9.17, 15) is 26.7 Å². The van der Waals surface area contributed by atoms with E-state index in [0.29, 0.717) is 0 Å². The molecule has 0 aromatic heterocycles. The number of hydrogen-bond acceptors (Lipinski definition) is 2. The number of rotatable bonds is 5. The highest BCUT2D eigenvalue weighted by atomic mass is 19.4. The molecule has 2 N–H and O–H groups in total. The number of halogens is 5. The molecule has 0 saturated heterocycles. The Morgan fingerprint density at radius 1 is 1.33 bits per heavy atom. The van der Waals surface area contributed by atoms with Crippen LogP contribution in [0.15, 0.2) is 0 Å². The molecule has 0 radical (unpaired) electrons. The van der Waals surface area contributed by atoms with Gasteiger partial charge in [0.1, 0.15) is 6.54 Å². The number of alkyl halides is 5. The third-order valence-corrected chi connectivity index (χ3v) is 1.43. The van der Waals surface area contributed by atoms with Crippen LogP contribution in [0.1, 0.15) is 6.92 Å². The zero-order valence-corrected chi connectivity index (χ0v) is 7.87. The first-order valence-electron chi connectivity index (χ1n) is 4.08. The summed E-state index contributed by atoms with van der Waals surface area (Å²) in [7, 11) is 0. The molecule has 3 nitrogen and oxygen atoms in total. The van der Waals surface area contributed by atoms with Crippen LogP contribution in [-0.4, -0.2) is 37.6 Å². The normalized spacial score (nSPS) is 14.1. The lowest BCUT2D eigenvalue weighted by Gasteiger charge is -2.14. The van der Waals surface area contributed by atoms with Gasteiger partial charge in [-0.05, 0) is 6.92 Å². The van der Waals surface area contributed by atoms with E-state index in [0.717, 1.165) is 0 Å². The fourth-order valence-electron chi connectivity index (χ4n) is 0.699. The Kier molecular flexibility index (Phi) is 5.48. The van der Waals surface area contributed by atoms with Crippen molar-refractivity contribution in [2.75, 3.05) is 13.1 Å². The fraction of sp³-hybridized carbons (Fsp3) is 0.857. The van der Waals surface area contributed by atoms with Crippen molar-refractivity contribution < 1.29 is 26.7 Å². The van der Waals surface area contributed by atoms with E-state index in [1.807, 2.05) is 0 Å². The second-order valence-electron chi connectivity index (χ2n) is 2.85. The molecule has 0 rings (SSSR count). The topological polar surface area (TPSA) is 41.1 Å². The van der Waals surface area contributed by atoms with E-state index in [1.165, 1.54) is 6.92 Å². The lowest BCUT2D eigenvalue weighted by Crippen LogP contribution is -2.46. The molecule has 0 fully saturated rings. The molecule has 0 spiro atoms. The maximum absolute atomic E-state index is 11.7. The molecule has 0 saturated carbocycles. The van der Waals surface area contributed by atoms with Crippen LogP contribution in [0.3, 0.4) is 0 Å². The molecule has 1 unspecified atom stereocenters. The van der Waals surface area contributed by atoms with Gasteiger partial charge in [0.15, 0.2) is 0 Å². The van der Waals surface area contributed by atoms with E-state index in [4.69, 9.17) is 0 Å². The predicted octanol–water partition coefficient (Wildman–Crippen LogP) is 0.908. The number of hydrogen-bond donors (Lipinski definition) is 2. The predicted molar refractivity (Wildman–Crippen MR) is 42.5 cm³/mol. The Balaban J connectivity index is 3.80. The van der Waals surface area contributed by atoms with Crippen LogP contribution in [0.25, 0.3) is 0 Å². The molecule has 0 bridgehead atoms. The maximum Gasteiger partial charge on any atom is 0.405 e. The number of amides is 1. The molecule has 1 amide bonds. The van der Waals surface area contributed by atoms with Gasteiger partial charge in [-0.2, -0.15) is 13.2 Å².